The number of piperazine rings is 1. The van der Waals surface area contributed by atoms with Gasteiger partial charge in [-0.15, -0.1) is 0 Å². The summed E-state index contributed by atoms with van der Waals surface area (Å²) in [5, 5.41) is 4.20. The van der Waals surface area contributed by atoms with Crippen LogP contribution in [0.1, 0.15) is 18.4 Å². The Morgan fingerprint density at radius 1 is 0.950 bits per heavy atom. The molecule has 5 heterocycles. The molecule has 40 heavy (non-hydrogen) atoms. The van der Waals surface area contributed by atoms with Crippen molar-refractivity contribution in [1.29, 1.82) is 0 Å². The van der Waals surface area contributed by atoms with Crippen LogP contribution in [0.3, 0.4) is 0 Å². The maximum Gasteiger partial charge on any atom is 0.227 e. The monoisotopic (exact) mass is 538 g/mol. The summed E-state index contributed by atoms with van der Waals surface area (Å²) in [7, 11) is 1.66. The minimum absolute atomic E-state index is 0.0430. The number of fused-ring (bicyclic) bond motifs is 1. The van der Waals surface area contributed by atoms with Gasteiger partial charge in [-0.2, -0.15) is 0 Å². The van der Waals surface area contributed by atoms with Crippen LogP contribution in [-0.2, 0) is 11.3 Å². The molecule has 0 aliphatic carbocycles. The van der Waals surface area contributed by atoms with Gasteiger partial charge in [0, 0.05) is 64.4 Å². The van der Waals surface area contributed by atoms with Crippen LogP contribution in [0.2, 0.25) is 0 Å². The van der Waals surface area contributed by atoms with E-state index in [4.69, 9.17) is 14.7 Å². The van der Waals surface area contributed by atoms with E-state index in [-0.39, 0.29) is 11.8 Å². The van der Waals surface area contributed by atoms with E-state index in [1.807, 2.05) is 65.8 Å². The highest BCUT2D eigenvalue weighted by molar-refractivity contribution is 5.90. The third-order valence-corrected chi connectivity index (χ3v) is 7.73. The lowest BCUT2D eigenvalue weighted by Gasteiger charge is -2.39. The minimum atomic E-state index is -0.0430. The van der Waals surface area contributed by atoms with Gasteiger partial charge in [-0.05, 0) is 48.7 Å². The van der Waals surface area contributed by atoms with E-state index >= 15 is 0 Å². The number of ether oxygens (including phenoxy) is 1. The molecule has 1 atom stereocenters. The van der Waals surface area contributed by atoms with Gasteiger partial charge in [0.15, 0.2) is 0 Å². The normalized spacial score (nSPS) is 17.6. The van der Waals surface area contributed by atoms with Gasteiger partial charge in [0.25, 0.3) is 0 Å². The first-order valence-corrected chi connectivity index (χ1v) is 13.9. The average Bonchev–Trinajstić information content (AvgIpc) is 3.04. The molecule has 0 saturated carbocycles. The second kappa shape index (κ2) is 11.7. The third kappa shape index (κ3) is 5.61. The first-order chi connectivity index (χ1) is 19.7. The van der Waals surface area contributed by atoms with Crippen LogP contribution in [0.25, 0.3) is 10.9 Å². The van der Waals surface area contributed by atoms with Gasteiger partial charge >= 0.3 is 0 Å². The summed E-state index contributed by atoms with van der Waals surface area (Å²) in [6.45, 7) is 5.17. The molecule has 4 aromatic rings. The van der Waals surface area contributed by atoms with E-state index in [0.29, 0.717) is 19.0 Å². The lowest BCUT2D eigenvalue weighted by molar-refractivity contribution is -0.136. The number of nitrogens with zero attached hydrogens (tertiary/aromatic N) is 7. The van der Waals surface area contributed by atoms with Crippen molar-refractivity contribution in [3.8, 4) is 5.75 Å². The summed E-state index contributed by atoms with van der Waals surface area (Å²) in [5.74, 6) is 3.41. The SMILES string of the molecule is COc1ccc(CNc2ncc3c(N4CCCC(C(=O)N5CCN(c6ccccn6)CC5)C4)nccc3n2)cc1. The van der Waals surface area contributed by atoms with E-state index < -0.39 is 0 Å². The maximum atomic E-state index is 13.5. The molecule has 0 spiro atoms. The number of aromatic nitrogens is 4. The molecule has 1 unspecified atom stereocenters. The maximum absolute atomic E-state index is 13.5. The second-order valence-electron chi connectivity index (χ2n) is 10.2. The quantitative estimate of drug-likeness (QED) is 0.378. The van der Waals surface area contributed by atoms with Gasteiger partial charge in [-0.25, -0.2) is 19.9 Å². The molecule has 1 aromatic carbocycles. The van der Waals surface area contributed by atoms with E-state index in [0.717, 1.165) is 79.4 Å². The van der Waals surface area contributed by atoms with Crippen LogP contribution in [-0.4, -0.2) is 77.1 Å². The summed E-state index contributed by atoms with van der Waals surface area (Å²) in [6, 6.07) is 15.8. The Labute approximate surface area is 234 Å². The number of nitrogens with one attached hydrogen (secondary N) is 1. The van der Waals surface area contributed by atoms with Crippen molar-refractivity contribution in [2.75, 3.05) is 61.5 Å². The molecule has 2 fully saturated rings. The molecule has 6 rings (SSSR count). The van der Waals surface area contributed by atoms with Gasteiger partial charge in [-0.1, -0.05) is 18.2 Å². The molecule has 206 valence electrons. The number of hydrogen-bond acceptors (Lipinski definition) is 9. The summed E-state index contributed by atoms with van der Waals surface area (Å²) in [5.41, 5.74) is 1.94. The molecule has 3 aromatic heterocycles. The highest BCUT2D eigenvalue weighted by Gasteiger charge is 2.32. The highest BCUT2D eigenvalue weighted by atomic mass is 16.5. The molecule has 0 radical (unpaired) electrons. The summed E-state index contributed by atoms with van der Waals surface area (Å²) < 4.78 is 5.23. The molecule has 10 heteroatoms. The predicted molar refractivity (Wildman–Crippen MR) is 156 cm³/mol. The van der Waals surface area contributed by atoms with Crippen LogP contribution in [0.15, 0.2) is 67.1 Å². The van der Waals surface area contributed by atoms with E-state index in [1.54, 1.807) is 13.3 Å². The summed E-state index contributed by atoms with van der Waals surface area (Å²) >= 11 is 0. The smallest absolute Gasteiger partial charge is 0.227 e. The number of carbonyl (C=O) groups excluding carboxylic acids is 1. The standard InChI is InChI=1S/C30H34N8O2/c1-40-24-9-7-22(8-10-24)19-33-30-34-20-25-26(35-30)11-13-32-28(25)38-14-4-5-23(21-38)29(39)37-17-15-36(16-18-37)27-6-2-3-12-31-27/h2-3,6-13,20,23H,4-5,14-19,21H2,1H3,(H,33,34,35). The fourth-order valence-electron chi connectivity index (χ4n) is 5.53. The van der Waals surface area contributed by atoms with Gasteiger partial charge in [0.1, 0.15) is 17.4 Å². The second-order valence-corrected chi connectivity index (χ2v) is 10.2. The first kappa shape index (κ1) is 25.8. The van der Waals surface area contributed by atoms with Crippen LogP contribution in [0.5, 0.6) is 5.75 Å². The topological polar surface area (TPSA) is 99.6 Å². The average molecular weight is 539 g/mol. The fourth-order valence-corrected chi connectivity index (χ4v) is 5.53. The van der Waals surface area contributed by atoms with Crippen LogP contribution in [0.4, 0.5) is 17.6 Å². The molecule has 2 aliphatic rings. The van der Waals surface area contributed by atoms with Crippen molar-refractivity contribution < 1.29 is 9.53 Å². The molecular formula is C30H34N8O2. The zero-order chi connectivity index (χ0) is 27.3. The molecule has 10 nitrogen and oxygen atoms in total. The van der Waals surface area contributed by atoms with Crippen molar-refractivity contribution >= 4 is 34.4 Å². The first-order valence-electron chi connectivity index (χ1n) is 13.9. The Morgan fingerprint density at radius 2 is 1.80 bits per heavy atom. The summed E-state index contributed by atoms with van der Waals surface area (Å²) in [6.07, 6.45) is 7.29. The lowest BCUT2D eigenvalue weighted by Crippen LogP contribution is -2.52. The Morgan fingerprint density at radius 3 is 2.58 bits per heavy atom. The Bertz CT molecular complexity index is 1440. The molecule has 1 amide bonds. The van der Waals surface area contributed by atoms with Crippen LogP contribution < -0.4 is 19.9 Å². The number of piperidine rings is 1. The van der Waals surface area contributed by atoms with Gasteiger partial charge < -0.3 is 24.8 Å². The zero-order valence-electron chi connectivity index (χ0n) is 22.7. The number of rotatable bonds is 7. The summed E-state index contributed by atoms with van der Waals surface area (Å²) in [4.78, 5) is 38.5. The lowest BCUT2D eigenvalue weighted by atomic mass is 9.96. The third-order valence-electron chi connectivity index (χ3n) is 7.73. The minimum Gasteiger partial charge on any atom is -0.497 e. The van der Waals surface area contributed by atoms with Crippen molar-refractivity contribution in [2.24, 2.45) is 5.92 Å². The highest BCUT2D eigenvalue weighted by Crippen LogP contribution is 2.29. The van der Waals surface area contributed by atoms with Gasteiger partial charge in [-0.3, -0.25) is 4.79 Å². The Hall–Kier alpha value is -4.47. The number of anilines is 3. The predicted octanol–water partition coefficient (Wildman–Crippen LogP) is 3.61. The van der Waals surface area contributed by atoms with E-state index in [1.165, 1.54) is 0 Å². The zero-order valence-corrected chi connectivity index (χ0v) is 22.7. The van der Waals surface area contributed by atoms with Crippen molar-refractivity contribution in [3.63, 3.8) is 0 Å². The largest absolute Gasteiger partial charge is 0.497 e. The van der Waals surface area contributed by atoms with Crippen molar-refractivity contribution in [1.82, 2.24) is 24.8 Å². The van der Waals surface area contributed by atoms with Gasteiger partial charge in [0.05, 0.1) is 23.9 Å². The van der Waals surface area contributed by atoms with Gasteiger partial charge in [0.2, 0.25) is 11.9 Å². The number of hydrogen-bond donors (Lipinski definition) is 1. The molecule has 2 saturated heterocycles. The van der Waals surface area contributed by atoms with Crippen LogP contribution in [0, 0.1) is 5.92 Å². The van der Waals surface area contributed by atoms with E-state index in [2.05, 4.69) is 25.1 Å². The van der Waals surface area contributed by atoms with Crippen molar-refractivity contribution in [2.45, 2.75) is 19.4 Å². The number of amides is 1. The van der Waals surface area contributed by atoms with Crippen LogP contribution >= 0.6 is 0 Å². The molecule has 1 N–H and O–H groups in total. The number of carbonyl (C=O) groups is 1. The van der Waals surface area contributed by atoms with Crippen molar-refractivity contribution in [3.05, 3.63) is 72.7 Å². The van der Waals surface area contributed by atoms with E-state index in [9.17, 15) is 4.79 Å². The molecule has 0 bridgehead atoms. The fraction of sp³-hybridized carbons (Fsp3) is 0.367. The molecular weight excluding hydrogens is 504 g/mol. The molecule has 2 aliphatic heterocycles. The number of methoxy groups -OCH3 is 1. The Balaban J connectivity index is 1.10. The number of benzene rings is 1. The Kier molecular flexibility index (Phi) is 7.56. The number of pyridine rings is 2.